The zero-order chi connectivity index (χ0) is 22.2. The number of para-hydroxylation sites is 1. The maximum absolute atomic E-state index is 12.9. The van der Waals surface area contributed by atoms with Crippen LogP contribution in [0.5, 0.6) is 0 Å². The predicted molar refractivity (Wildman–Crippen MR) is 119 cm³/mol. The monoisotopic (exact) mass is 415 g/mol. The minimum absolute atomic E-state index is 0.0556. The van der Waals surface area contributed by atoms with Crippen molar-refractivity contribution in [2.75, 3.05) is 12.4 Å². The summed E-state index contributed by atoms with van der Waals surface area (Å²) in [5.74, 6) is -0.667. The number of nitro benzene ring substituents is 1. The van der Waals surface area contributed by atoms with Gasteiger partial charge < -0.3 is 10.2 Å². The SMILES string of the molecule is CN(Cc1ccccc1)C(=O)c1ccccc1NC(=O)/C=C/c1cccc([N+](=O)[O-])c1. The van der Waals surface area contributed by atoms with Gasteiger partial charge in [0, 0.05) is 31.8 Å². The van der Waals surface area contributed by atoms with Gasteiger partial charge in [-0.15, -0.1) is 0 Å². The maximum atomic E-state index is 12.9. The van der Waals surface area contributed by atoms with Crippen LogP contribution in [0.3, 0.4) is 0 Å². The van der Waals surface area contributed by atoms with Crippen LogP contribution in [0.15, 0.2) is 84.9 Å². The molecule has 0 bridgehead atoms. The molecule has 7 nitrogen and oxygen atoms in total. The third kappa shape index (κ3) is 5.86. The average molecular weight is 415 g/mol. The molecule has 0 unspecified atom stereocenters. The Hall–Kier alpha value is -4.26. The van der Waals surface area contributed by atoms with Gasteiger partial charge in [-0.05, 0) is 29.3 Å². The Morgan fingerprint density at radius 2 is 1.71 bits per heavy atom. The van der Waals surface area contributed by atoms with E-state index in [0.717, 1.165) is 5.56 Å². The zero-order valence-corrected chi connectivity index (χ0v) is 16.9. The second-order valence-electron chi connectivity index (χ2n) is 6.87. The lowest BCUT2D eigenvalue weighted by molar-refractivity contribution is -0.384. The van der Waals surface area contributed by atoms with Crippen molar-refractivity contribution in [3.05, 3.63) is 112 Å². The fraction of sp³-hybridized carbons (Fsp3) is 0.0833. The number of rotatable bonds is 7. The third-order valence-corrected chi connectivity index (χ3v) is 4.53. The van der Waals surface area contributed by atoms with Crippen LogP contribution >= 0.6 is 0 Å². The van der Waals surface area contributed by atoms with Gasteiger partial charge in [0.1, 0.15) is 0 Å². The van der Waals surface area contributed by atoms with Crippen LogP contribution in [0.2, 0.25) is 0 Å². The van der Waals surface area contributed by atoms with Gasteiger partial charge in [-0.3, -0.25) is 19.7 Å². The molecule has 2 amide bonds. The fourth-order valence-corrected chi connectivity index (χ4v) is 3.00. The second-order valence-corrected chi connectivity index (χ2v) is 6.87. The summed E-state index contributed by atoms with van der Waals surface area (Å²) in [7, 11) is 1.70. The van der Waals surface area contributed by atoms with Gasteiger partial charge in [0.2, 0.25) is 5.91 Å². The highest BCUT2D eigenvalue weighted by Crippen LogP contribution is 2.19. The maximum Gasteiger partial charge on any atom is 0.270 e. The van der Waals surface area contributed by atoms with Crippen molar-refractivity contribution < 1.29 is 14.5 Å². The second kappa shape index (κ2) is 9.98. The normalized spacial score (nSPS) is 10.6. The molecule has 3 aromatic rings. The fourth-order valence-electron chi connectivity index (χ4n) is 3.00. The molecule has 0 atom stereocenters. The van der Waals surface area contributed by atoms with Crippen LogP contribution in [0.25, 0.3) is 6.08 Å². The lowest BCUT2D eigenvalue weighted by Crippen LogP contribution is -2.27. The van der Waals surface area contributed by atoms with Crippen LogP contribution in [0.4, 0.5) is 11.4 Å². The van der Waals surface area contributed by atoms with E-state index < -0.39 is 10.8 Å². The molecular formula is C24H21N3O4. The molecular weight excluding hydrogens is 394 g/mol. The molecule has 0 aliphatic rings. The first-order valence-electron chi connectivity index (χ1n) is 9.56. The van der Waals surface area contributed by atoms with Gasteiger partial charge >= 0.3 is 0 Å². The van der Waals surface area contributed by atoms with Gasteiger partial charge in [-0.1, -0.05) is 54.6 Å². The van der Waals surface area contributed by atoms with Crippen LogP contribution < -0.4 is 5.32 Å². The van der Waals surface area contributed by atoms with Gasteiger partial charge in [-0.2, -0.15) is 0 Å². The van der Waals surface area contributed by atoms with E-state index in [-0.39, 0.29) is 11.6 Å². The third-order valence-electron chi connectivity index (χ3n) is 4.53. The number of carbonyl (C=O) groups excluding carboxylic acids is 2. The number of hydrogen-bond acceptors (Lipinski definition) is 4. The van der Waals surface area contributed by atoms with E-state index >= 15 is 0 Å². The Morgan fingerprint density at radius 3 is 2.45 bits per heavy atom. The summed E-state index contributed by atoms with van der Waals surface area (Å²) in [4.78, 5) is 37.3. The van der Waals surface area contributed by atoms with Gasteiger partial charge in [0.15, 0.2) is 0 Å². The minimum Gasteiger partial charge on any atom is -0.337 e. The van der Waals surface area contributed by atoms with Crippen molar-refractivity contribution >= 4 is 29.3 Å². The summed E-state index contributed by atoms with van der Waals surface area (Å²) in [6, 6.07) is 22.4. The quantitative estimate of drug-likeness (QED) is 0.349. The first-order valence-corrected chi connectivity index (χ1v) is 9.56. The first-order chi connectivity index (χ1) is 14.9. The van der Waals surface area contributed by atoms with Crippen molar-refractivity contribution in [2.45, 2.75) is 6.54 Å². The van der Waals surface area contributed by atoms with Crippen molar-refractivity contribution in [3.8, 4) is 0 Å². The van der Waals surface area contributed by atoms with E-state index in [1.54, 1.807) is 48.3 Å². The summed E-state index contributed by atoms with van der Waals surface area (Å²) < 4.78 is 0. The number of nitrogens with zero attached hydrogens (tertiary/aromatic N) is 2. The molecule has 0 aromatic heterocycles. The first kappa shape index (κ1) is 21.4. The topological polar surface area (TPSA) is 92.6 Å². The highest BCUT2D eigenvalue weighted by Gasteiger charge is 2.16. The molecule has 0 radical (unpaired) electrons. The summed E-state index contributed by atoms with van der Waals surface area (Å²) in [6.45, 7) is 0.439. The van der Waals surface area contributed by atoms with E-state index in [1.807, 2.05) is 30.3 Å². The predicted octanol–water partition coefficient (Wildman–Crippen LogP) is 4.52. The minimum atomic E-state index is -0.495. The number of nitro groups is 1. The standard InChI is InChI=1S/C24H21N3O4/c1-26(17-19-8-3-2-4-9-19)24(29)21-12-5-6-13-22(21)25-23(28)15-14-18-10-7-11-20(16-18)27(30)31/h2-16H,17H2,1H3,(H,25,28)/b15-14+. The summed E-state index contributed by atoms with van der Waals surface area (Å²) in [5, 5.41) is 13.6. The molecule has 1 N–H and O–H groups in total. The van der Waals surface area contributed by atoms with Crippen molar-refractivity contribution in [1.82, 2.24) is 4.90 Å². The van der Waals surface area contributed by atoms with Gasteiger partial charge in [-0.25, -0.2) is 0 Å². The van der Waals surface area contributed by atoms with Crippen LogP contribution in [-0.4, -0.2) is 28.7 Å². The van der Waals surface area contributed by atoms with E-state index in [4.69, 9.17) is 0 Å². The molecule has 0 saturated carbocycles. The summed E-state index contributed by atoms with van der Waals surface area (Å²) in [5.41, 5.74) is 2.23. The van der Waals surface area contributed by atoms with Crippen molar-refractivity contribution in [2.24, 2.45) is 0 Å². The van der Waals surface area contributed by atoms with Gasteiger partial charge in [0.25, 0.3) is 11.6 Å². The Morgan fingerprint density at radius 1 is 1.00 bits per heavy atom. The molecule has 7 heteroatoms. The van der Waals surface area contributed by atoms with Gasteiger partial charge in [0.05, 0.1) is 16.2 Å². The summed E-state index contributed by atoms with van der Waals surface area (Å²) in [6.07, 6.45) is 2.75. The number of nitrogens with one attached hydrogen (secondary N) is 1. The molecule has 0 saturated heterocycles. The van der Waals surface area contributed by atoms with Crippen LogP contribution in [-0.2, 0) is 11.3 Å². The Bertz CT molecular complexity index is 1130. The van der Waals surface area contributed by atoms with Crippen molar-refractivity contribution in [3.63, 3.8) is 0 Å². The molecule has 3 aromatic carbocycles. The lowest BCUT2D eigenvalue weighted by Gasteiger charge is -2.19. The smallest absolute Gasteiger partial charge is 0.270 e. The van der Waals surface area contributed by atoms with Crippen molar-refractivity contribution in [1.29, 1.82) is 0 Å². The summed E-state index contributed by atoms with van der Waals surface area (Å²) >= 11 is 0. The number of hydrogen-bond donors (Lipinski definition) is 1. The largest absolute Gasteiger partial charge is 0.337 e. The highest BCUT2D eigenvalue weighted by molar-refractivity contribution is 6.07. The number of non-ortho nitro benzene ring substituents is 1. The average Bonchev–Trinajstić information content (AvgIpc) is 2.78. The lowest BCUT2D eigenvalue weighted by atomic mass is 10.1. The zero-order valence-electron chi connectivity index (χ0n) is 16.9. The molecule has 0 aliphatic carbocycles. The Balaban J connectivity index is 1.71. The highest BCUT2D eigenvalue weighted by atomic mass is 16.6. The van der Waals surface area contributed by atoms with Crippen LogP contribution in [0, 0.1) is 10.1 Å². The van der Waals surface area contributed by atoms with E-state index in [9.17, 15) is 19.7 Å². The Labute approximate surface area is 179 Å². The molecule has 156 valence electrons. The van der Waals surface area contributed by atoms with Crippen LogP contribution in [0.1, 0.15) is 21.5 Å². The number of benzene rings is 3. The van der Waals surface area contributed by atoms with E-state index in [0.29, 0.717) is 23.4 Å². The molecule has 0 aliphatic heterocycles. The Kier molecular flexibility index (Phi) is 6.90. The molecule has 0 heterocycles. The molecule has 0 spiro atoms. The number of anilines is 1. The van der Waals surface area contributed by atoms with E-state index in [1.165, 1.54) is 24.3 Å². The molecule has 0 fully saturated rings. The van der Waals surface area contributed by atoms with E-state index in [2.05, 4.69) is 5.32 Å². The molecule has 3 rings (SSSR count). The number of amides is 2. The number of carbonyl (C=O) groups is 2. The molecule has 31 heavy (non-hydrogen) atoms.